The van der Waals surface area contributed by atoms with Gasteiger partial charge in [0.1, 0.15) is 40.4 Å². The van der Waals surface area contributed by atoms with Crippen molar-refractivity contribution in [1.29, 1.82) is 0 Å². The van der Waals surface area contributed by atoms with Gasteiger partial charge in [0.25, 0.3) is 0 Å². The Morgan fingerprint density at radius 2 is 0.956 bits per heavy atom. The number of nitro groups is 2. The topological polar surface area (TPSA) is 421 Å². The molecule has 2 atom stereocenters. The smallest absolute Gasteiger partial charge is 0.407 e. The molecular formula is C59H114Cl2N12O17. The fourth-order valence-corrected chi connectivity index (χ4v) is 6.14. The largest absolute Gasteiger partial charge is 0.460 e. The monoisotopic (exact) mass is 1330 g/mol. The third kappa shape index (κ3) is 67.6. The molecule has 3 amide bonds. The molecule has 2 aromatic rings. The first-order valence-electron chi connectivity index (χ1n) is 29.9. The lowest BCUT2D eigenvalue weighted by atomic mass is 10.1. The van der Waals surface area contributed by atoms with Gasteiger partial charge in [0.2, 0.25) is 11.7 Å². The Morgan fingerprint density at radius 1 is 0.578 bits per heavy atom. The SMILES string of the molecule is C/C(=C\CCCNC(=O)OC(C)(C)C)[N+](=O)[O-].CC(C(O)CCCNC(=O)OC(C)(C)C)[N+](=O)[O-].CC(C)(C)OC(=O)CCCCC=O.CC(C)(C)OC(=O)CCCCCO.Cc1n[nH]nc1CCCN.Cc1n[nH]nc1CCCNC(=O)OC(C)(C)C.Cl.Cl. The maximum absolute atomic E-state index is 11.3. The molecule has 2 unspecified atom stereocenters. The Hall–Kier alpha value is -6.30. The molecule has 90 heavy (non-hydrogen) atoms. The molecule has 0 aromatic carbocycles. The van der Waals surface area contributed by atoms with Crippen LogP contribution in [-0.4, -0.2) is 160 Å². The van der Waals surface area contributed by atoms with Crippen molar-refractivity contribution in [2.24, 2.45) is 5.73 Å². The molecule has 0 spiro atoms. The first-order valence-corrected chi connectivity index (χ1v) is 29.9. The fourth-order valence-electron chi connectivity index (χ4n) is 6.14. The summed E-state index contributed by atoms with van der Waals surface area (Å²) in [7, 11) is 0. The van der Waals surface area contributed by atoms with Gasteiger partial charge in [0, 0.05) is 64.3 Å². The summed E-state index contributed by atoms with van der Waals surface area (Å²) in [5.41, 5.74) is 7.03. The molecule has 0 aliphatic rings. The highest BCUT2D eigenvalue weighted by molar-refractivity contribution is 5.85. The summed E-state index contributed by atoms with van der Waals surface area (Å²) in [6.45, 7) is 36.2. The second-order valence-corrected chi connectivity index (χ2v) is 25.1. The number of aromatic nitrogens is 6. The zero-order chi connectivity index (χ0) is 68.7. The van der Waals surface area contributed by atoms with Crippen LogP contribution in [0.2, 0.25) is 0 Å². The van der Waals surface area contributed by atoms with E-state index in [9.17, 15) is 54.1 Å². The number of nitrogens with zero attached hydrogens (tertiary/aromatic N) is 6. The van der Waals surface area contributed by atoms with Crippen molar-refractivity contribution in [2.75, 3.05) is 32.8 Å². The number of H-pyrrole nitrogens is 2. The van der Waals surface area contributed by atoms with Gasteiger partial charge in [-0.2, -0.15) is 30.8 Å². The average molecular weight is 1330 g/mol. The zero-order valence-corrected chi connectivity index (χ0v) is 58.9. The molecule has 9 N–H and O–H groups in total. The van der Waals surface area contributed by atoms with Gasteiger partial charge in [-0.3, -0.25) is 29.8 Å². The number of halogens is 2. The molecule has 0 fully saturated rings. The Morgan fingerprint density at radius 3 is 1.29 bits per heavy atom. The molecule has 526 valence electrons. The third-order valence-electron chi connectivity index (χ3n) is 10.4. The van der Waals surface area contributed by atoms with Crippen molar-refractivity contribution in [3.8, 4) is 0 Å². The Labute approximate surface area is 546 Å². The van der Waals surface area contributed by atoms with Gasteiger partial charge in [-0.15, -0.1) is 24.8 Å². The minimum Gasteiger partial charge on any atom is -0.460 e. The van der Waals surface area contributed by atoms with E-state index in [0.29, 0.717) is 64.7 Å². The van der Waals surface area contributed by atoms with E-state index in [4.69, 9.17) is 34.5 Å². The molecule has 31 heteroatoms. The van der Waals surface area contributed by atoms with Crippen molar-refractivity contribution < 1.29 is 72.5 Å². The van der Waals surface area contributed by atoms with Crippen LogP contribution in [0.4, 0.5) is 14.4 Å². The second-order valence-electron chi connectivity index (χ2n) is 25.1. The summed E-state index contributed by atoms with van der Waals surface area (Å²) in [6, 6.07) is -0.994. The van der Waals surface area contributed by atoms with E-state index in [0.717, 1.165) is 86.8 Å². The van der Waals surface area contributed by atoms with Gasteiger partial charge >= 0.3 is 30.2 Å². The molecule has 0 radical (unpaired) electrons. The van der Waals surface area contributed by atoms with Gasteiger partial charge in [-0.25, -0.2) is 14.4 Å². The van der Waals surface area contributed by atoms with E-state index in [2.05, 4.69) is 46.8 Å². The standard InChI is InChI=1S/C11H20N4O2.C11H22N2O5.C11H20N2O4.C10H20O3.C10H18O3.C6H12N4.2ClH/c1-8-9(14-15-13-8)6-5-7-12-10(16)17-11(2,3)4;1-8(13(16)17)9(14)6-5-7-12-10(15)18-11(2,3)4;1-9(13(15)16)7-5-6-8-12-10(14)17-11(2,3)4;2*1-10(2,3)13-9(12)7-5-4-6-8-11;1-5-6(3-2-4-7)9-10-8-5;;/h5-7H2,1-4H3,(H,12,16)(H,13,14,15);8-9,14H,5-7H2,1-4H3,(H,12,15);7H,5-6,8H2,1-4H3,(H,12,14);11H,4-8H2,1-3H3;8H,4-7H2,1-3H3;2-4,7H2,1H3,(H,8,9,10);2*1H/b;;9-7+;;;;;. The van der Waals surface area contributed by atoms with Crippen LogP contribution in [0.25, 0.3) is 0 Å². The molecular weight excluding hydrogens is 1220 g/mol. The Kier molecular flexibility index (Phi) is 55.1. The lowest BCUT2D eigenvalue weighted by Gasteiger charge is -2.19. The summed E-state index contributed by atoms with van der Waals surface area (Å²) in [5, 5.41) is 67.4. The number of aldehydes is 1. The van der Waals surface area contributed by atoms with Crippen LogP contribution in [0, 0.1) is 34.1 Å². The lowest BCUT2D eigenvalue weighted by molar-refractivity contribution is -0.530. The predicted octanol–water partition coefficient (Wildman–Crippen LogP) is 10.2. The van der Waals surface area contributed by atoms with Gasteiger partial charge in [-0.05, 0) is 207 Å². The lowest BCUT2D eigenvalue weighted by Crippen LogP contribution is -2.34. The van der Waals surface area contributed by atoms with Gasteiger partial charge in [-0.1, -0.05) is 6.42 Å². The number of hydrogen-bond acceptors (Lipinski definition) is 22. The number of nitrogens with two attached hydrogens (primary N) is 1. The maximum Gasteiger partial charge on any atom is 0.407 e. The molecule has 29 nitrogen and oxygen atoms in total. The van der Waals surface area contributed by atoms with Crippen molar-refractivity contribution in [3.05, 3.63) is 54.8 Å². The number of aromatic amines is 2. The number of ether oxygens (including phenoxy) is 5. The van der Waals surface area contributed by atoms with E-state index in [1.54, 1.807) is 41.5 Å². The van der Waals surface area contributed by atoms with Crippen LogP contribution >= 0.6 is 24.8 Å². The summed E-state index contributed by atoms with van der Waals surface area (Å²) in [6.07, 6.45) is 10.8. The first kappa shape index (κ1) is 94.8. The number of allylic oxidation sites excluding steroid dienone is 2. The molecule has 0 saturated carbocycles. The Balaban J connectivity index is -0.000000236. The number of aliphatic hydroxyl groups excluding tert-OH is 2. The minimum absolute atomic E-state index is 0. The highest BCUT2D eigenvalue weighted by Gasteiger charge is 2.24. The number of nitrogens with one attached hydrogen (secondary N) is 5. The van der Waals surface area contributed by atoms with Crippen LogP contribution in [0.3, 0.4) is 0 Å². The number of carbonyl (C=O) groups is 6. The van der Waals surface area contributed by atoms with E-state index in [1.165, 1.54) is 19.9 Å². The number of esters is 2. The maximum atomic E-state index is 11.3. The average Bonchev–Trinajstić information content (AvgIpc) is 4.18. The number of hydrogen-bond donors (Lipinski definition) is 8. The number of alkyl carbamates (subject to hydrolysis) is 3. The quantitative estimate of drug-likeness (QED) is 0.00980. The second kappa shape index (κ2) is 52.3. The Bertz CT molecular complexity index is 2290. The van der Waals surface area contributed by atoms with E-state index in [-0.39, 0.29) is 67.2 Å². The molecule has 0 aliphatic heterocycles. The van der Waals surface area contributed by atoms with Crippen molar-refractivity contribution in [1.82, 2.24) is 46.8 Å². The predicted molar refractivity (Wildman–Crippen MR) is 349 cm³/mol. The highest BCUT2D eigenvalue weighted by Crippen LogP contribution is 2.13. The number of aryl methyl sites for hydroxylation is 4. The molecule has 0 aliphatic carbocycles. The molecule has 0 saturated heterocycles. The molecule has 2 rings (SSSR count). The first-order chi connectivity index (χ1) is 40.5. The van der Waals surface area contributed by atoms with Crippen LogP contribution in [0.1, 0.15) is 230 Å². The fraction of sp³-hybridized carbons (Fsp3) is 0.797. The van der Waals surface area contributed by atoms with Gasteiger partial charge in [0.15, 0.2) is 0 Å². The number of rotatable bonds is 28. The van der Waals surface area contributed by atoms with E-state index < -0.39 is 56.6 Å². The van der Waals surface area contributed by atoms with Crippen LogP contribution in [0.5, 0.6) is 0 Å². The number of carbonyl (C=O) groups excluding carboxylic acids is 6. The summed E-state index contributed by atoms with van der Waals surface area (Å²) >= 11 is 0. The zero-order valence-electron chi connectivity index (χ0n) is 57.3. The molecule has 0 bridgehead atoms. The summed E-state index contributed by atoms with van der Waals surface area (Å²) in [5.74, 6) is -0.330. The van der Waals surface area contributed by atoms with E-state index in [1.807, 2.05) is 76.2 Å². The van der Waals surface area contributed by atoms with Crippen LogP contribution < -0.4 is 21.7 Å². The van der Waals surface area contributed by atoms with Crippen molar-refractivity contribution >= 4 is 61.3 Å². The van der Waals surface area contributed by atoms with Gasteiger partial charge in [0.05, 0.1) is 27.7 Å². The van der Waals surface area contributed by atoms with Gasteiger partial charge < -0.3 is 60.4 Å². The highest BCUT2D eigenvalue weighted by atomic mass is 35.5. The third-order valence-corrected chi connectivity index (χ3v) is 10.4. The van der Waals surface area contributed by atoms with Crippen LogP contribution in [-0.2, 0) is 50.9 Å². The van der Waals surface area contributed by atoms with Crippen LogP contribution in [0.15, 0.2) is 11.8 Å². The minimum atomic E-state index is -1.000. The summed E-state index contributed by atoms with van der Waals surface area (Å²) in [4.78, 5) is 85.7. The molecule has 2 aromatic heterocycles. The number of unbranched alkanes of at least 4 members (excludes halogenated alkanes) is 5. The number of amides is 3. The van der Waals surface area contributed by atoms with E-state index >= 15 is 0 Å². The molecule has 2 heterocycles. The van der Waals surface area contributed by atoms with Crippen molar-refractivity contribution in [3.63, 3.8) is 0 Å². The summed E-state index contributed by atoms with van der Waals surface area (Å²) < 4.78 is 25.4. The van der Waals surface area contributed by atoms with Crippen molar-refractivity contribution in [2.45, 2.75) is 274 Å². The number of aliphatic hydroxyl groups is 2. The normalized spacial score (nSPS) is 11.7.